The van der Waals surface area contributed by atoms with Crippen molar-refractivity contribution in [1.29, 1.82) is 0 Å². The Balaban J connectivity index is 1.75. The standard InChI is InChI=1S/C29H40ClN3O4S/c1-4-27(29(35)31-25-11-6-5-7-12-25)32(21-23-17-15-22(2)16-18-23)28(34)14-9-19-33(38(3,36)37)26-13-8-10-24(30)20-26/h8,10,13,15-18,20,25,27H,4-7,9,11-12,14,19,21H2,1-3H3,(H,31,35)/t27-/m0/s1. The van der Waals surface area contributed by atoms with Gasteiger partial charge in [-0.05, 0) is 56.4 Å². The molecule has 7 nitrogen and oxygen atoms in total. The number of hydrogen-bond donors (Lipinski definition) is 1. The van der Waals surface area contributed by atoms with Gasteiger partial charge in [0.25, 0.3) is 0 Å². The van der Waals surface area contributed by atoms with Gasteiger partial charge in [0.05, 0.1) is 11.9 Å². The highest BCUT2D eigenvalue weighted by molar-refractivity contribution is 7.92. The SMILES string of the molecule is CC[C@@H](C(=O)NC1CCCCC1)N(Cc1ccc(C)cc1)C(=O)CCCN(c1cccc(Cl)c1)S(C)(=O)=O. The zero-order chi connectivity index (χ0) is 27.7. The molecule has 0 heterocycles. The van der Waals surface area contributed by atoms with Crippen molar-refractivity contribution in [2.45, 2.75) is 83.8 Å². The average Bonchev–Trinajstić information content (AvgIpc) is 2.87. The second-order valence-corrected chi connectivity index (χ2v) is 12.5. The number of hydrogen-bond acceptors (Lipinski definition) is 4. The maximum absolute atomic E-state index is 13.6. The third-order valence-electron chi connectivity index (χ3n) is 7.06. The highest BCUT2D eigenvalue weighted by Crippen LogP contribution is 2.23. The van der Waals surface area contributed by atoms with Crippen LogP contribution in [0.4, 0.5) is 5.69 Å². The predicted molar refractivity (Wildman–Crippen MR) is 154 cm³/mol. The maximum Gasteiger partial charge on any atom is 0.243 e. The summed E-state index contributed by atoms with van der Waals surface area (Å²) in [6.45, 7) is 4.38. The summed E-state index contributed by atoms with van der Waals surface area (Å²) in [4.78, 5) is 28.6. The number of sulfonamides is 1. The summed E-state index contributed by atoms with van der Waals surface area (Å²) in [5.74, 6) is -0.285. The van der Waals surface area contributed by atoms with Gasteiger partial charge in [-0.15, -0.1) is 0 Å². The van der Waals surface area contributed by atoms with E-state index in [1.54, 1.807) is 29.2 Å². The number of benzene rings is 2. The molecular formula is C29H40ClN3O4S. The average molecular weight is 562 g/mol. The van der Waals surface area contributed by atoms with Crippen LogP contribution in [0.3, 0.4) is 0 Å². The van der Waals surface area contributed by atoms with Gasteiger partial charge in [0, 0.05) is 30.6 Å². The zero-order valence-corrected chi connectivity index (χ0v) is 24.2. The molecule has 0 aliphatic heterocycles. The summed E-state index contributed by atoms with van der Waals surface area (Å²) in [5.41, 5.74) is 2.53. The van der Waals surface area contributed by atoms with Gasteiger partial charge in [0.2, 0.25) is 21.8 Å². The number of nitrogens with zero attached hydrogens (tertiary/aromatic N) is 2. The summed E-state index contributed by atoms with van der Waals surface area (Å²) in [6.07, 6.45) is 7.42. The van der Waals surface area contributed by atoms with Crippen molar-refractivity contribution in [1.82, 2.24) is 10.2 Å². The lowest BCUT2D eigenvalue weighted by Crippen LogP contribution is -2.51. The fourth-order valence-electron chi connectivity index (χ4n) is 4.99. The molecule has 2 aromatic rings. The van der Waals surface area contributed by atoms with E-state index in [0.29, 0.717) is 30.1 Å². The van der Waals surface area contributed by atoms with Gasteiger partial charge < -0.3 is 10.2 Å². The van der Waals surface area contributed by atoms with Gasteiger partial charge >= 0.3 is 0 Å². The Morgan fingerprint density at radius 2 is 1.76 bits per heavy atom. The van der Waals surface area contributed by atoms with Crippen LogP contribution in [-0.4, -0.2) is 50.0 Å². The molecule has 0 bridgehead atoms. The second kappa shape index (κ2) is 14.0. The first-order chi connectivity index (χ1) is 18.1. The van der Waals surface area contributed by atoms with Crippen molar-refractivity contribution in [3.63, 3.8) is 0 Å². The van der Waals surface area contributed by atoms with Gasteiger partial charge in [0.15, 0.2) is 0 Å². The molecule has 1 N–H and O–H groups in total. The molecule has 0 unspecified atom stereocenters. The fraction of sp³-hybridized carbons (Fsp3) is 0.517. The summed E-state index contributed by atoms with van der Waals surface area (Å²) in [6, 6.07) is 14.2. The lowest BCUT2D eigenvalue weighted by atomic mass is 9.95. The minimum absolute atomic E-state index is 0.114. The number of nitrogens with one attached hydrogen (secondary N) is 1. The molecule has 3 rings (SSSR count). The van der Waals surface area contributed by atoms with E-state index in [4.69, 9.17) is 11.6 Å². The van der Waals surface area contributed by atoms with E-state index in [0.717, 1.165) is 43.1 Å². The van der Waals surface area contributed by atoms with Gasteiger partial charge in [-0.25, -0.2) is 8.42 Å². The van der Waals surface area contributed by atoms with Crippen LogP contribution in [0.2, 0.25) is 5.02 Å². The van der Waals surface area contributed by atoms with Crippen molar-refractivity contribution < 1.29 is 18.0 Å². The van der Waals surface area contributed by atoms with Crippen LogP contribution in [0, 0.1) is 6.92 Å². The van der Waals surface area contributed by atoms with E-state index in [1.807, 2.05) is 38.1 Å². The minimum Gasteiger partial charge on any atom is -0.352 e. The third kappa shape index (κ3) is 8.73. The first-order valence-corrected chi connectivity index (χ1v) is 15.7. The van der Waals surface area contributed by atoms with Crippen LogP contribution in [-0.2, 0) is 26.2 Å². The van der Waals surface area contributed by atoms with Gasteiger partial charge in [0.1, 0.15) is 6.04 Å². The third-order valence-corrected chi connectivity index (χ3v) is 8.49. The molecule has 1 saturated carbocycles. The van der Waals surface area contributed by atoms with Crippen molar-refractivity contribution in [2.24, 2.45) is 0 Å². The van der Waals surface area contributed by atoms with Crippen LogP contribution in [0.5, 0.6) is 0 Å². The predicted octanol–water partition coefficient (Wildman–Crippen LogP) is 5.45. The molecule has 0 radical (unpaired) electrons. The summed E-state index contributed by atoms with van der Waals surface area (Å²) in [7, 11) is -3.57. The smallest absolute Gasteiger partial charge is 0.243 e. The van der Waals surface area contributed by atoms with Gasteiger partial charge in [-0.2, -0.15) is 0 Å². The van der Waals surface area contributed by atoms with Crippen molar-refractivity contribution in [2.75, 3.05) is 17.1 Å². The highest BCUT2D eigenvalue weighted by atomic mass is 35.5. The van der Waals surface area contributed by atoms with Crippen LogP contribution in [0.25, 0.3) is 0 Å². The molecule has 0 aromatic heterocycles. The van der Waals surface area contributed by atoms with E-state index < -0.39 is 16.1 Å². The molecule has 1 aliphatic carbocycles. The first kappa shape index (κ1) is 30.0. The van der Waals surface area contributed by atoms with Crippen molar-refractivity contribution in [3.05, 3.63) is 64.7 Å². The van der Waals surface area contributed by atoms with Crippen molar-refractivity contribution >= 4 is 39.1 Å². The Kier molecular flexibility index (Phi) is 11.0. The fourth-order valence-corrected chi connectivity index (χ4v) is 6.13. The molecule has 1 atom stereocenters. The Morgan fingerprint density at radius 1 is 1.08 bits per heavy atom. The molecular weight excluding hydrogens is 522 g/mol. The van der Waals surface area contributed by atoms with Crippen LogP contribution >= 0.6 is 11.6 Å². The van der Waals surface area contributed by atoms with Crippen LogP contribution in [0.1, 0.15) is 69.4 Å². The first-order valence-electron chi connectivity index (χ1n) is 13.5. The number of anilines is 1. The van der Waals surface area contributed by atoms with Gasteiger partial charge in [-0.1, -0.05) is 73.7 Å². The molecule has 208 valence electrons. The number of aryl methyl sites for hydroxylation is 1. The molecule has 38 heavy (non-hydrogen) atoms. The quantitative estimate of drug-likeness (QED) is 0.373. The normalized spacial score (nSPS) is 15.1. The molecule has 1 aliphatic rings. The second-order valence-electron chi connectivity index (χ2n) is 10.2. The monoisotopic (exact) mass is 561 g/mol. The van der Waals surface area contributed by atoms with Crippen LogP contribution < -0.4 is 9.62 Å². The summed E-state index contributed by atoms with van der Waals surface area (Å²) >= 11 is 6.08. The van der Waals surface area contributed by atoms with E-state index in [2.05, 4.69) is 5.32 Å². The molecule has 1 fully saturated rings. The number of carbonyl (C=O) groups excluding carboxylic acids is 2. The Bertz CT molecular complexity index is 1180. The van der Waals surface area contributed by atoms with E-state index in [1.165, 1.54) is 10.7 Å². The molecule has 0 spiro atoms. The van der Waals surface area contributed by atoms with Crippen LogP contribution in [0.15, 0.2) is 48.5 Å². The Morgan fingerprint density at radius 3 is 2.37 bits per heavy atom. The summed E-state index contributed by atoms with van der Waals surface area (Å²) < 4.78 is 26.2. The minimum atomic E-state index is -3.57. The Labute approximate surface area is 232 Å². The van der Waals surface area contributed by atoms with Crippen molar-refractivity contribution in [3.8, 4) is 0 Å². The molecule has 9 heteroatoms. The number of rotatable bonds is 12. The number of carbonyl (C=O) groups is 2. The zero-order valence-electron chi connectivity index (χ0n) is 22.7. The van der Waals surface area contributed by atoms with E-state index >= 15 is 0 Å². The van der Waals surface area contributed by atoms with Gasteiger partial charge in [-0.3, -0.25) is 13.9 Å². The molecule has 2 amide bonds. The van der Waals surface area contributed by atoms with E-state index in [-0.39, 0.29) is 30.8 Å². The largest absolute Gasteiger partial charge is 0.352 e. The number of amides is 2. The molecule has 2 aromatic carbocycles. The highest BCUT2D eigenvalue weighted by Gasteiger charge is 2.30. The lowest BCUT2D eigenvalue weighted by molar-refractivity contribution is -0.141. The lowest BCUT2D eigenvalue weighted by Gasteiger charge is -2.33. The Hall–Kier alpha value is -2.58. The number of halogens is 1. The maximum atomic E-state index is 13.6. The molecule has 0 saturated heterocycles. The van der Waals surface area contributed by atoms with E-state index in [9.17, 15) is 18.0 Å². The topological polar surface area (TPSA) is 86.8 Å². The summed E-state index contributed by atoms with van der Waals surface area (Å²) in [5, 5.41) is 3.62.